The van der Waals surface area contributed by atoms with Crippen molar-refractivity contribution >= 4 is 34.2 Å². The van der Waals surface area contributed by atoms with Gasteiger partial charge in [0.2, 0.25) is 0 Å². The number of aromatic nitrogens is 1. The predicted molar refractivity (Wildman–Crippen MR) is 81.4 cm³/mol. The Kier molecular flexibility index (Phi) is 4.87. The minimum absolute atomic E-state index is 0.0518. The van der Waals surface area contributed by atoms with Gasteiger partial charge in [-0.3, -0.25) is 14.9 Å². The van der Waals surface area contributed by atoms with Crippen molar-refractivity contribution in [2.45, 2.75) is 19.4 Å². The molecule has 0 aromatic carbocycles. The summed E-state index contributed by atoms with van der Waals surface area (Å²) < 4.78 is 7.26. The van der Waals surface area contributed by atoms with E-state index in [0.717, 1.165) is 12.8 Å². The third-order valence-corrected chi connectivity index (χ3v) is 4.86. The monoisotopic (exact) mass is 362 g/mol. The van der Waals surface area contributed by atoms with Crippen LogP contribution in [0.4, 0.5) is 5.69 Å². The third kappa shape index (κ3) is 3.24. The summed E-state index contributed by atoms with van der Waals surface area (Å²) in [5, 5.41) is 10.9. The number of rotatable bonds is 4. The SMILES string of the molecule is O=c1c(Br)cn(CC2(CS)CCOCC2)cc1[N+](=O)[O-]. The molecule has 1 aromatic rings. The van der Waals surface area contributed by atoms with Gasteiger partial charge in [0.1, 0.15) is 0 Å². The van der Waals surface area contributed by atoms with Crippen LogP contribution in [0.15, 0.2) is 21.7 Å². The van der Waals surface area contributed by atoms with Crippen LogP contribution in [-0.2, 0) is 11.3 Å². The van der Waals surface area contributed by atoms with E-state index in [0.29, 0.717) is 25.5 Å². The molecule has 1 fully saturated rings. The highest BCUT2D eigenvalue weighted by molar-refractivity contribution is 9.10. The number of hydrogen-bond donors (Lipinski definition) is 1. The van der Waals surface area contributed by atoms with Gasteiger partial charge in [-0.15, -0.1) is 0 Å². The van der Waals surface area contributed by atoms with Crippen LogP contribution in [0.5, 0.6) is 0 Å². The van der Waals surface area contributed by atoms with E-state index in [-0.39, 0.29) is 9.89 Å². The van der Waals surface area contributed by atoms with Crippen LogP contribution in [-0.4, -0.2) is 28.5 Å². The van der Waals surface area contributed by atoms with E-state index in [9.17, 15) is 14.9 Å². The molecule has 0 amide bonds. The molecule has 2 rings (SSSR count). The van der Waals surface area contributed by atoms with Gasteiger partial charge in [-0.1, -0.05) is 0 Å². The second kappa shape index (κ2) is 6.28. The molecule has 20 heavy (non-hydrogen) atoms. The molecule has 1 aromatic heterocycles. The van der Waals surface area contributed by atoms with Crippen molar-refractivity contribution in [3.8, 4) is 0 Å². The second-order valence-electron chi connectivity index (χ2n) is 5.02. The first-order valence-corrected chi connectivity index (χ1v) is 7.63. The van der Waals surface area contributed by atoms with E-state index >= 15 is 0 Å². The van der Waals surface area contributed by atoms with Gasteiger partial charge in [0.05, 0.1) is 15.6 Å². The highest BCUT2D eigenvalue weighted by Gasteiger charge is 2.32. The molecule has 0 aliphatic carbocycles. The minimum Gasteiger partial charge on any atom is -0.381 e. The number of halogens is 1. The van der Waals surface area contributed by atoms with Crippen molar-refractivity contribution in [1.29, 1.82) is 0 Å². The highest BCUT2D eigenvalue weighted by Crippen LogP contribution is 2.34. The topological polar surface area (TPSA) is 74.4 Å². The zero-order valence-corrected chi connectivity index (χ0v) is 13.2. The molecular weight excluding hydrogens is 348 g/mol. The largest absolute Gasteiger partial charge is 0.381 e. The molecule has 2 heterocycles. The maximum absolute atomic E-state index is 11.7. The third-order valence-electron chi connectivity index (χ3n) is 3.62. The lowest BCUT2D eigenvalue weighted by molar-refractivity contribution is -0.386. The summed E-state index contributed by atoms with van der Waals surface area (Å²) in [4.78, 5) is 21.9. The molecule has 0 radical (unpaired) electrons. The summed E-state index contributed by atoms with van der Waals surface area (Å²) in [6.07, 6.45) is 4.60. The van der Waals surface area contributed by atoms with Crippen LogP contribution < -0.4 is 5.43 Å². The first-order valence-electron chi connectivity index (χ1n) is 6.20. The van der Waals surface area contributed by atoms with E-state index in [2.05, 4.69) is 28.6 Å². The molecule has 1 aliphatic rings. The maximum atomic E-state index is 11.7. The number of hydrogen-bond acceptors (Lipinski definition) is 5. The fraction of sp³-hybridized carbons (Fsp3) is 0.583. The Morgan fingerprint density at radius 3 is 2.65 bits per heavy atom. The van der Waals surface area contributed by atoms with Crippen LogP contribution in [0.1, 0.15) is 12.8 Å². The molecule has 110 valence electrons. The first kappa shape index (κ1) is 15.5. The number of thiol groups is 1. The molecule has 0 atom stereocenters. The zero-order valence-electron chi connectivity index (χ0n) is 10.7. The van der Waals surface area contributed by atoms with E-state index < -0.39 is 16.0 Å². The Bertz CT molecular complexity index is 569. The number of nitro groups is 1. The molecule has 6 nitrogen and oxygen atoms in total. The molecule has 0 N–H and O–H groups in total. The molecule has 0 saturated carbocycles. The molecule has 1 aliphatic heterocycles. The van der Waals surface area contributed by atoms with Crippen molar-refractivity contribution in [2.24, 2.45) is 5.41 Å². The quantitative estimate of drug-likeness (QED) is 0.506. The number of pyridine rings is 1. The summed E-state index contributed by atoms with van der Waals surface area (Å²) in [5.74, 6) is 0.675. The van der Waals surface area contributed by atoms with Gasteiger partial charge < -0.3 is 9.30 Å². The van der Waals surface area contributed by atoms with Gasteiger partial charge in [-0.25, -0.2) is 0 Å². The molecule has 0 unspecified atom stereocenters. The fourth-order valence-corrected chi connectivity index (χ4v) is 3.24. The standard InChI is InChI=1S/C12H15BrN2O4S/c13-9-5-14(6-10(11(9)16)15(17)18)7-12(8-20)1-3-19-4-2-12/h5-6,20H,1-4,7-8H2. The average Bonchev–Trinajstić information content (AvgIpc) is 2.43. The van der Waals surface area contributed by atoms with E-state index in [1.807, 2.05) is 0 Å². The Balaban J connectivity index is 2.33. The van der Waals surface area contributed by atoms with Crippen molar-refractivity contribution in [2.75, 3.05) is 19.0 Å². The zero-order chi connectivity index (χ0) is 14.8. The smallest absolute Gasteiger partial charge is 0.333 e. The first-order chi connectivity index (χ1) is 9.47. The summed E-state index contributed by atoms with van der Waals surface area (Å²) in [5.41, 5.74) is -1.07. The fourth-order valence-electron chi connectivity index (χ4n) is 2.36. The van der Waals surface area contributed by atoms with Crippen molar-refractivity contribution in [1.82, 2.24) is 4.57 Å². The maximum Gasteiger partial charge on any atom is 0.333 e. The van der Waals surface area contributed by atoms with Crippen LogP contribution in [0, 0.1) is 15.5 Å². The average molecular weight is 363 g/mol. The van der Waals surface area contributed by atoms with Crippen LogP contribution in [0.2, 0.25) is 0 Å². The Hall–Kier alpha value is -0.860. The number of nitrogens with zero attached hydrogens (tertiary/aromatic N) is 2. The lowest BCUT2D eigenvalue weighted by Crippen LogP contribution is -2.35. The summed E-state index contributed by atoms with van der Waals surface area (Å²) in [6, 6.07) is 0. The summed E-state index contributed by atoms with van der Waals surface area (Å²) >= 11 is 7.50. The Morgan fingerprint density at radius 2 is 2.10 bits per heavy atom. The van der Waals surface area contributed by atoms with Crippen LogP contribution >= 0.6 is 28.6 Å². The highest BCUT2D eigenvalue weighted by atomic mass is 79.9. The summed E-state index contributed by atoms with van der Waals surface area (Å²) in [7, 11) is 0. The second-order valence-corrected chi connectivity index (χ2v) is 6.19. The van der Waals surface area contributed by atoms with Gasteiger partial charge in [0, 0.05) is 31.4 Å². The molecular formula is C12H15BrN2O4S. The van der Waals surface area contributed by atoms with Crippen molar-refractivity contribution < 1.29 is 9.66 Å². The van der Waals surface area contributed by atoms with Crippen molar-refractivity contribution in [3.63, 3.8) is 0 Å². The molecule has 0 bridgehead atoms. The predicted octanol–water partition coefficient (Wildman–Crippen LogP) is 2.25. The van der Waals surface area contributed by atoms with Gasteiger partial charge >= 0.3 is 5.69 Å². The molecule has 1 saturated heterocycles. The Morgan fingerprint density at radius 1 is 1.45 bits per heavy atom. The van der Waals surface area contributed by atoms with E-state index in [1.165, 1.54) is 6.20 Å². The number of ether oxygens (including phenoxy) is 1. The Labute approximate surface area is 129 Å². The van der Waals surface area contributed by atoms with Gasteiger partial charge in [-0.05, 0) is 34.5 Å². The van der Waals surface area contributed by atoms with E-state index in [4.69, 9.17) is 4.74 Å². The minimum atomic E-state index is -0.652. The molecule has 0 spiro atoms. The van der Waals surface area contributed by atoms with Crippen LogP contribution in [0.3, 0.4) is 0 Å². The van der Waals surface area contributed by atoms with Gasteiger partial charge in [0.15, 0.2) is 0 Å². The van der Waals surface area contributed by atoms with E-state index in [1.54, 1.807) is 10.8 Å². The normalized spacial score (nSPS) is 17.9. The lowest BCUT2D eigenvalue weighted by Gasteiger charge is -2.36. The lowest BCUT2D eigenvalue weighted by atomic mass is 9.82. The molecule has 8 heteroatoms. The van der Waals surface area contributed by atoms with Gasteiger partial charge in [0.25, 0.3) is 5.43 Å². The van der Waals surface area contributed by atoms with Crippen molar-refractivity contribution in [3.05, 3.63) is 37.2 Å². The van der Waals surface area contributed by atoms with Crippen LogP contribution in [0.25, 0.3) is 0 Å². The van der Waals surface area contributed by atoms with Gasteiger partial charge in [-0.2, -0.15) is 12.6 Å². The summed E-state index contributed by atoms with van der Waals surface area (Å²) in [6.45, 7) is 1.92.